The first-order valence-corrected chi connectivity index (χ1v) is 7.33. The molecule has 106 valence electrons. The van der Waals surface area contributed by atoms with E-state index >= 15 is 0 Å². The SMILES string of the molecule is CCc1cc(OC)ccc1CN1CCCC1CNC. The van der Waals surface area contributed by atoms with Crippen LogP contribution in [-0.2, 0) is 13.0 Å². The molecule has 2 rings (SSSR count). The fraction of sp³-hybridized carbons (Fsp3) is 0.625. The van der Waals surface area contributed by atoms with Gasteiger partial charge in [-0.1, -0.05) is 13.0 Å². The van der Waals surface area contributed by atoms with Gasteiger partial charge in [0.1, 0.15) is 5.75 Å². The van der Waals surface area contributed by atoms with Crippen LogP contribution in [0.5, 0.6) is 5.75 Å². The number of likely N-dealkylation sites (N-methyl/N-ethyl adjacent to an activating group) is 1. The summed E-state index contributed by atoms with van der Waals surface area (Å²) < 4.78 is 5.32. The van der Waals surface area contributed by atoms with E-state index in [-0.39, 0.29) is 0 Å². The van der Waals surface area contributed by atoms with Crippen LogP contribution >= 0.6 is 0 Å². The molecule has 0 bridgehead atoms. The van der Waals surface area contributed by atoms with Crippen molar-refractivity contribution in [2.75, 3.05) is 27.2 Å². The molecule has 1 aromatic carbocycles. The Balaban J connectivity index is 2.09. The monoisotopic (exact) mass is 262 g/mol. The fourth-order valence-electron chi connectivity index (χ4n) is 3.00. The van der Waals surface area contributed by atoms with Gasteiger partial charge in [-0.15, -0.1) is 0 Å². The topological polar surface area (TPSA) is 24.5 Å². The highest BCUT2D eigenvalue weighted by Gasteiger charge is 2.24. The van der Waals surface area contributed by atoms with Gasteiger partial charge in [-0.2, -0.15) is 0 Å². The van der Waals surface area contributed by atoms with Crippen molar-refractivity contribution < 1.29 is 4.74 Å². The van der Waals surface area contributed by atoms with Gasteiger partial charge in [-0.05, 0) is 56.1 Å². The van der Waals surface area contributed by atoms with Crippen molar-refractivity contribution in [3.63, 3.8) is 0 Å². The smallest absolute Gasteiger partial charge is 0.119 e. The highest BCUT2D eigenvalue weighted by molar-refractivity contribution is 5.35. The summed E-state index contributed by atoms with van der Waals surface area (Å²) in [4.78, 5) is 2.61. The lowest BCUT2D eigenvalue weighted by Crippen LogP contribution is -2.36. The third kappa shape index (κ3) is 3.48. The average molecular weight is 262 g/mol. The molecule has 1 heterocycles. The average Bonchev–Trinajstić information content (AvgIpc) is 2.87. The number of ether oxygens (including phenoxy) is 1. The van der Waals surface area contributed by atoms with E-state index in [1.54, 1.807) is 7.11 Å². The molecule has 1 unspecified atom stereocenters. The van der Waals surface area contributed by atoms with Gasteiger partial charge in [-0.25, -0.2) is 0 Å². The number of hydrogen-bond donors (Lipinski definition) is 1. The van der Waals surface area contributed by atoms with Gasteiger partial charge < -0.3 is 10.1 Å². The highest BCUT2D eigenvalue weighted by Crippen LogP contribution is 2.24. The van der Waals surface area contributed by atoms with Crippen LogP contribution < -0.4 is 10.1 Å². The van der Waals surface area contributed by atoms with Gasteiger partial charge in [-0.3, -0.25) is 4.90 Å². The molecule has 1 aromatic rings. The number of benzene rings is 1. The van der Waals surface area contributed by atoms with Crippen molar-refractivity contribution in [2.24, 2.45) is 0 Å². The second-order valence-electron chi connectivity index (χ2n) is 5.31. The zero-order valence-corrected chi connectivity index (χ0v) is 12.4. The van der Waals surface area contributed by atoms with Gasteiger partial charge in [0.05, 0.1) is 7.11 Å². The molecular weight excluding hydrogens is 236 g/mol. The summed E-state index contributed by atoms with van der Waals surface area (Å²) in [6.45, 7) is 5.60. The zero-order valence-electron chi connectivity index (χ0n) is 12.4. The normalized spacial score (nSPS) is 19.8. The molecule has 3 nitrogen and oxygen atoms in total. The molecule has 0 saturated carbocycles. The molecule has 19 heavy (non-hydrogen) atoms. The Morgan fingerprint density at radius 2 is 2.21 bits per heavy atom. The molecule has 1 atom stereocenters. The standard InChI is InChI=1S/C16H26N2O/c1-4-13-10-16(19-3)8-7-14(13)12-18-9-5-6-15(18)11-17-2/h7-8,10,15,17H,4-6,9,11-12H2,1-3H3. The Hall–Kier alpha value is -1.06. The molecule has 1 N–H and O–H groups in total. The molecule has 1 aliphatic rings. The summed E-state index contributed by atoms with van der Waals surface area (Å²) in [6.07, 6.45) is 3.71. The lowest BCUT2D eigenvalue weighted by molar-refractivity contribution is 0.241. The van der Waals surface area contributed by atoms with Crippen LogP contribution in [0.2, 0.25) is 0 Å². The number of rotatable bonds is 6. The van der Waals surface area contributed by atoms with Crippen LogP contribution in [0.25, 0.3) is 0 Å². The number of likely N-dealkylation sites (tertiary alicyclic amines) is 1. The maximum Gasteiger partial charge on any atom is 0.119 e. The van der Waals surface area contributed by atoms with Gasteiger partial charge in [0.2, 0.25) is 0 Å². The number of nitrogens with one attached hydrogen (secondary N) is 1. The minimum atomic E-state index is 0.691. The van der Waals surface area contributed by atoms with E-state index in [0.29, 0.717) is 6.04 Å². The molecule has 1 saturated heterocycles. The van der Waals surface area contributed by atoms with E-state index < -0.39 is 0 Å². The maximum atomic E-state index is 5.32. The largest absolute Gasteiger partial charge is 0.497 e. The molecule has 1 fully saturated rings. The van der Waals surface area contributed by atoms with Gasteiger partial charge >= 0.3 is 0 Å². The summed E-state index contributed by atoms with van der Waals surface area (Å²) in [5.74, 6) is 0.966. The predicted molar refractivity (Wildman–Crippen MR) is 79.7 cm³/mol. The van der Waals surface area contributed by atoms with Gasteiger partial charge in [0.15, 0.2) is 0 Å². The molecule has 3 heteroatoms. The van der Waals surface area contributed by atoms with E-state index in [2.05, 4.69) is 35.3 Å². The highest BCUT2D eigenvalue weighted by atomic mass is 16.5. The molecule has 0 spiro atoms. The fourth-order valence-corrected chi connectivity index (χ4v) is 3.00. The quantitative estimate of drug-likeness (QED) is 0.852. The third-order valence-corrected chi connectivity index (χ3v) is 4.11. The van der Waals surface area contributed by atoms with Crippen molar-refractivity contribution >= 4 is 0 Å². The van der Waals surface area contributed by atoms with Crippen LogP contribution in [0.1, 0.15) is 30.9 Å². The number of nitrogens with zero attached hydrogens (tertiary/aromatic N) is 1. The van der Waals surface area contributed by atoms with Crippen LogP contribution in [-0.4, -0.2) is 38.2 Å². The molecule has 0 amide bonds. The number of methoxy groups -OCH3 is 1. The van der Waals surface area contributed by atoms with E-state index in [1.165, 1.54) is 30.5 Å². The molecule has 1 aliphatic heterocycles. The predicted octanol–water partition coefficient (Wildman–Crippen LogP) is 2.44. The minimum absolute atomic E-state index is 0.691. The van der Waals surface area contributed by atoms with Crippen LogP contribution in [0, 0.1) is 0 Å². The van der Waals surface area contributed by atoms with Crippen LogP contribution in [0.3, 0.4) is 0 Å². The van der Waals surface area contributed by atoms with Crippen molar-refractivity contribution in [1.82, 2.24) is 10.2 Å². The Labute approximate surface area is 116 Å². The summed E-state index contributed by atoms with van der Waals surface area (Å²) in [5, 5.41) is 3.31. The van der Waals surface area contributed by atoms with E-state index in [1.807, 2.05) is 7.05 Å². The van der Waals surface area contributed by atoms with Crippen molar-refractivity contribution in [3.05, 3.63) is 29.3 Å². The summed E-state index contributed by atoms with van der Waals surface area (Å²) in [7, 11) is 3.78. The number of aryl methyl sites for hydroxylation is 1. The summed E-state index contributed by atoms with van der Waals surface area (Å²) in [6, 6.07) is 7.18. The Kier molecular flexibility index (Phi) is 5.23. The Morgan fingerprint density at radius 3 is 2.89 bits per heavy atom. The van der Waals surface area contributed by atoms with E-state index in [9.17, 15) is 0 Å². The van der Waals surface area contributed by atoms with Gasteiger partial charge in [0, 0.05) is 19.1 Å². The first kappa shape index (κ1) is 14.4. The minimum Gasteiger partial charge on any atom is -0.497 e. The first-order valence-electron chi connectivity index (χ1n) is 7.33. The Morgan fingerprint density at radius 1 is 1.37 bits per heavy atom. The Bertz CT molecular complexity index is 406. The van der Waals surface area contributed by atoms with E-state index in [0.717, 1.165) is 25.3 Å². The lowest BCUT2D eigenvalue weighted by atomic mass is 10.0. The molecule has 0 radical (unpaired) electrons. The molecule has 0 aliphatic carbocycles. The van der Waals surface area contributed by atoms with Crippen molar-refractivity contribution in [3.8, 4) is 5.75 Å². The van der Waals surface area contributed by atoms with Crippen molar-refractivity contribution in [2.45, 2.75) is 38.8 Å². The van der Waals surface area contributed by atoms with Gasteiger partial charge in [0.25, 0.3) is 0 Å². The zero-order chi connectivity index (χ0) is 13.7. The number of hydrogen-bond acceptors (Lipinski definition) is 3. The summed E-state index contributed by atoms with van der Waals surface area (Å²) in [5.41, 5.74) is 2.86. The molecular formula is C16H26N2O. The second-order valence-corrected chi connectivity index (χ2v) is 5.31. The van der Waals surface area contributed by atoms with Crippen LogP contribution in [0.4, 0.5) is 0 Å². The summed E-state index contributed by atoms with van der Waals surface area (Å²) >= 11 is 0. The maximum absolute atomic E-state index is 5.32. The van der Waals surface area contributed by atoms with Crippen LogP contribution in [0.15, 0.2) is 18.2 Å². The van der Waals surface area contributed by atoms with E-state index in [4.69, 9.17) is 4.74 Å². The first-order chi connectivity index (χ1) is 9.28. The lowest BCUT2D eigenvalue weighted by Gasteiger charge is -2.25. The molecule has 0 aromatic heterocycles. The third-order valence-electron chi connectivity index (χ3n) is 4.11. The second kappa shape index (κ2) is 6.92. The van der Waals surface area contributed by atoms with Crippen molar-refractivity contribution in [1.29, 1.82) is 0 Å².